The van der Waals surface area contributed by atoms with Gasteiger partial charge in [-0.25, -0.2) is 0 Å². The van der Waals surface area contributed by atoms with Crippen LogP contribution in [0.3, 0.4) is 0 Å². The Balaban J connectivity index is 1.63. The SMILES string of the molecule is CCOC1CC(NCc2ccccc2[N+](=O)[O-])C12CCC2. The maximum absolute atomic E-state index is 11.0. The van der Waals surface area contributed by atoms with Gasteiger partial charge in [0.25, 0.3) is 5.69 Å². The summed E-state index contributed by atoms with van der Waals surface area (Å²) in [6, 6.07) is 7.40. The molecular formula is C16H22N2O3. The zero-order valence-electron chi connectivity index (χ0n) is 12.4. The van der Waals surface area contributed by atoms with E-state index in [9.17, 15) is 10.1 Å². The second-order valence-electron chi connectivity index (χ2n) is 6.09. The number of para-hydroxylation sites is 1. The number of rotatable bonds is 6. The molecule has 0 amide bonds. The van der Waals surface area contributed by atoms with Crippen molar-refractivity contribution in [1.29, 1.82) is 0 Å². The summed E-state index contributed by atoms with van der Waals surface area (Å²) in [6.45, 7) is 3.37. The quantitative estimate of drug-likeness (QED) is 0.646. The van der Waals surface area contributed by atoms with Crippen molar-refractivity contribution in [1.82, 2.24) is 5.32 Å². The molecular weight excluding hydrogens is 268 g/mol. The van der Waals surface area contributed by atoms with E-state index < -0.39 is 0 Å². The van der Waals surface area contributed by atoms with Crippen LogP contribution in [-0.2, 0) is 11.3 Å². The van der Waals surface area contributed by atoms with Gasteiger partial charge in [-0.15, -0.1) is 0 Å². The van der Waals surface area contributed by atoms with E-state index in [0.717, 1.165) is 18.6 Å². The third-order valence-corrected chi connectivity index (χ3v) is 5.16. The standard InChI is InChI=1S/C16H22N2O3/c1-2-21-15-10-14(16(15)8-5-9-16)17-11-12-6-3-4-7-13(12)18(19)20/h3-4,6-7,14-15,17H,2,5,8-11H2,1H3. The summed E-state index contributed by atoms with van der Waals surface area (Å²) in [6.07, 6.45) is 5.10. The maximum atomic E-state index is 11.0. The Labute approximate surface area is 124 Å². The van der Waals surface area contributed by atoms with Crippen LogP contribution in [0.2, 0.25) is 0 Å². The Morgan fingerprint density at radius 1 is 1.43 bits per heavy atom. The summed E-state index contributed by atoms with van der Waals surface area (Å²) in [5.41, 5.74) is 1.25. The van der Waals surface area contributed by atoms with Crippen molar-refractivity contribution in [2.75, 3.05) is 6.61 Å². The molecule has 0 saturated heterocycles. The molecule has 1 aromatic carbocycles. The zero-order valence-corrected chi connectivity index (χ0v) is 12.4. The van der Waals surface area contributed by atoms with Crippen LogP contribution in [0, 0.1) is 15.5 Å². The largest absolute Gasteiger partial charge is 0.378 e. The van der Waals surface area contributed by atoms with Crippen molar-refractivity contribution in [2.45, 2.75) is 51.3 Å². The zero-order chi connectivity index (χ0) is 14.9. The minimum atomic E-state index is -0.306. The van der Waals surface area contributed by atoms with Crippen LogP contribution in [-0.4, -0.2) is 23.7 Å². The third-order valence-electron chi connectivity index (χ3n) is 5.16. The first-order valence-electron chi connectivity index (χ1n) is 7.74. The van der Waals surface area contributed by atoms with Gasteiger partial charge in [-0.05, 0) is 26.2 Å². The minimum absolute atomic E-state index is 0.202. The first kappa shape index (κ1) is 14.5. The van der Waals surface area contributed by atoms with E-state index in [4.69, 9.17) is 4.74 Å². The van der Waals surface area contributed by atoms with Crippen LogP contribution in [0.25, 0.3) is 0 Å². The highest BCUT2D eigenvalue weighted by atomic mass is 16.6. The lowest BCUT2D eigenvalue weighted by atomic mass is 9.51. The fraction of sp³-hybridized carbons (Fsp3) is 0.625. The molecule has 2 fully saturated rings. The summed E-state index contributed by atoms with van der Waals surface area (Å²) < 4.78 is 5.83. The number of nitro groups is 1. The predicted octanol–water partition coefficient (Wildman–Crippen LogP) is 3.03. The molecule has 0 aromatic heterocycles. The number of nitrogens with zero attached hydrogens (tertiary/aromatic N) is 1. The van der Waals surface area contributed by atoms with Crippen molar-refractivity contribution in [3.05, 3.63) is 39.9 Å². The molecule has 1 N–H and O–H groups in total. The Hall–Kier alpha value is -1.46. The lowest BCUT2D eigenvalue weighted by molar-refractivity contribution is -0.385. The second kappa shape index (κ2) is 5.73. The van der Waals surface area contributed by atoms with Crippen molar-refractivity contribution < 1.29 is 9.66 Å². The smallest absolute Gasteiger partial charge is 0.273 e. The van der Waals surface area contributed by atoms with Gasteiger partial charge < -0.3 is 10.1 Å². The average Bonchev–Trinajstić information content (AvgIpc) is 2.40. The Bertz CT molecular complexity index is 528. The van der Waals surface area contributed by atoms with E-state index in [1.54, 1.807) is 12.1 Å². The Morgan fingerprint density at radius 2 is 2.19 bits per heavy atom. The average molecular weight is 290 g/mol. The minimum Gasteiger partial charge on any atom is -0.378 e. The first-order chi connectivity index (χ1) is 10.2. The molecule has 5 nitrogen and oxygen atoms in total. The van der Waals surface area contributed by atoms with E-state index in [0.29, 0.717) is 24.1 Å². The highest BCUT2D eigenvalue weighted by molar-refractivity contribution is 5.39. The fourth-order valence-electron chi connectivity index (χ4n) is 3.80. The molecule has 2 unspecified atom stereocenters. The first-order valence-corrected chi connectivity index (χ1v) is 7.74. The molecule has 2 aliphatic rings. The molecule has 0 bridgehead atoms. The molecule has 2 aliphatic carbocycles. The molecule has 114 valence electrons. The Kier molecular flexibility index (Phi) is 3.95. The highest BCUT2D eigenvalue weighted by Crippen LogP contribution is 2.57. The molecule has 1 aromatic rings. The molecule has 1 spiro atoms. The lowest BCUT2D eigenvalue weighted by Crippen LogP contribution is -2.66. The van der Waals surface area contributed by atoms with Crippen molar-refractivity contribution in [3.63, 3.8) is 0 Å². The molecule has 0 radical (unpaired) electrons. The summed E-state index contributed by atoms with van der Waals surface area (Å²) in [5, 5.41) is 14.6. The van der Waals surface area contributed by atoms with Gasteiger partial charge in [0.15, 0.2) is 0 Å². The van der Waals surface area contributed by atoms with E-state index in [1.807, 2.05) is 19.1 Å². The van der Waals surface area contributed by atoms with Crippen molar-refractivity contribution in [3.8, 4) is 0 Å². The number of benzene rings is 1. The second-order valence-corrected chi connectivity index (χ2v) is 6.09. The lowest BCUT2D eigenvalue weighted by Gasteiger charge is -2.61. The number of nitro benzene ring substituents is 1. The van der Waals surface area contributed by atoms with Crippen LogP contribution in [0.1, 0.15) is 38.2 Å². The molecule has 5 heteroatoms. The number of hydrogen-bond acceptors (Lipinski definition) is 4. The predicted molar refractivity (Wildman–Crippen MR) is 80.0 cm³/mol. The number of nitrogens with one attached hydrogen (secondary N) is 1. The van der Waals surface area contributed by atoms with Crippen molar-refractivity contribution in [2.24, 2.45) is 5.41 Å². The highest BCUT2D eigenvalue weighted by Gasteiger charge is 2.58. The van der Waals surface area contributed by atoms with E-state index in [1.165, 1.54) is 19.3 Å². The van der Waals surface area contributed by atoms with Crippen LogP contribution >= 0.6 is 0 Å². The maximum Gasteiger partial charge on any atom is 0.273 e. The normalized spacial score (nSPS) is 26.1. The van der Waals surface area contributed by atoms with Gasteiger partial charge in [0.05, 0.1) is 11.0 Å². The monoisotopic (exact) mass is 290 g/mol. The van der Waals surface area contributed by atoms with Gasteiger partial charge in [0.2, 0.25) is 0 Å². The summed E-state index contributed by atoms with van der Waals surface area (Å²) in [7, 11) is 0. The van der Waals surface area contributed by atoms with Gasteiger partial charge in [-0.2, -0.15) is 0 Å². The molecule has 2 saturated carbocycles. The van der Waals surface area contributed by atoms with Gasteiger partial charge in [0, 0.05) is 36.2 Å². The molecule has 21 heavy (non-hydrogen) atoms. The van der Waals surface area contributed by atoms with E-state index >= 15 is 0 Å². The molecule has 2 atom stereocenters. The molecule has 0 aliphatic heterocycles. The molecule has 0 heterocycles. The summed E-state index contributed by atoms with van der Waals surface area (Å²) in [4.78, 5) is 10.7. The van der Waals surface area contributed by atoms with Crippen LogP contribution in [0.15, 0.2) is 24.3 Å². The summed E-state index contributed by atoms with van der Waals surface area (Å²) in [5.74, 6) is 0. The van der Waals surface area contributed by atoms with Crippen LogP contribution in [0.5, 0.6) is 0 Å². The van der Waals surface area contributed by atoms with Gasteiger partial charge >= 0.3 is 0 Å². The summed E-state index contributed by atoms with van der Waals surface area (Å²) >= 11 is 0. The van der Waals surface area contributed by atoms with E-state index in [-0.39, 0.29) is 10.6 Å². The molecule has 3 rings (SSSR count). The topological polar surface area (TPSA) is 64.4 Å². The van der Waals surface area contributed by atoms with Gasteiger partial charge in [-0.3, -0.25) is 10.1 Å². The van der Waals surface area contributed by atoms with Crippen LogP contribution < -0.4 is 5.32 Å². The van der Waals surface area contributed by atoms with Gasteiger partial charge in [0.1, 0.15) is 0 Å². The van der Waals surface area contributed by atoms with Gasteiger partial charge in [-0.1, -0.05) is 24.6 Å². The van der Waals surface area contributed by atoms with E-state index in [2.05, 4.69) is 5.32 Å². The number of hydrogen-bond donors (Lipinski definition) is 1. The Morgan fingerprint density at radius 3 is 2.81 bits per heavy atom. The van der Waals surface area contributed by atoms with Crippen molar-refractivity contribution >= 4 is 5.69 Å². The third kappa shape index (κ3) is 2.45. The number of ether oxygens (including phenoxy) is 1. The van der Waals surface area contributed by atoms with Crippen LogP contribution in [0.4, 0.5) is 5.69 Å². The fourth-order valence-corrected chi connectivity index (χ4v) is 3.80.